The molecule has 1 saturated heterocycles. The molecule has 16 nitrogen and oxygen atoms in total. The molecule has 0 unspecified atom stereocenters. The van der Waals surface area contributed by atoms with Gasteiger partial charge < -0.3 is 29.5 Å². The number of rotatable bonds is 10. The first-order valence-electron chi connectivity index (χ1n) is 20.8. The lowest BCUT2D eigenvalue weighted by Gasteiger charge is -2.46. The molecule has 4 aliphatic rings. The number of alkyl halides is 6. The lowest BCUT2D eigenvalue weighted by atomic mass is 9.82. The third-order valence-electron chi connectivity index (χ3n) is 13.0. The molecule has 6 rings (SSSR count). The van der Waals surface area contributed by atoms with Gasteiger partial charge in [-0.3, -0.25) is 24.0 Å². The normalized spacial score (nSPS) is 27.6. The van der Waals surface area contributed by atoms with E-state index in [-0.39, 0.29) is 52.6 Å². The van der Waals surface area contributed by atoms with Gasteiger partial charge in [-0.15, -0.1) is 0 Å². The first-order chi connectivity index (χ1) is 29.6. The van der Waals surface area contributed by atoms with Crippen LogP contribution in [0.2, 0.25) is 0 Å². The summed E-state index contributed by atoms with van der Waals surface area (Å²) in [5.41, 5.74) is -6.79. The highest BCUT2D eigenvalue weighted by molar-refractivity contribution is 7.91. The van der Waals surface area contributed by atoms with Gasteiger partial charge in [0.15, 0.2) is 11.5 Å². The second kappa shape index (κ2) is 17.0. The Balaban J connectivity index is 1.46. The number of hydrogen-bond donors (Lipinski definition) is 3. The lowest BCUT2D eigenvalue weighted by Crippen LogP contribution is -2.66. The van der Waals surface area contributed by atoms with E-state index in [1.165, 1.54) is 20.1 Å². The zero-order chi connectivity index (χ0) is 47.5. The van der Waals surface area contributed by atoms with Crippen molar-refractivity contribution < 1.29 is 73.3 Å². The molecule has 1 aromatic carbocycles. The standard InChI is InChI=1S/C41H52F6N6O10S/c1-8-22-15-21(2)11-9-10-12-23-19-39(23,35(56)51-64(59,60)38(5)13-14-38)50-32(54)27-16-24(20-52(27)34(55)30(22)53(36(57)58)37(3,4)41(45,46)47)63-29-18-26-25(17-28(29)61-6)48-31(40(42,43)44)33(49-26)62-7/h10,12,17-18,21-24,27,30H,8-9,11,13-16,19-20H2,1-7H3,(H,50,54)(H,51,56)(H,57,58)/t21-,22-,23-,24-,27+,30+,39-/m1/s1. The molecular formula is C41H52F6N6O10S. The van der Waals surface area contributed by atoms with Crippen molar-refractivity contribution in [3.63, 3.8) is 0 Å². The van der Waals surface area contributed by atoms with Crippen LogP contribution in [0.5, 0.6) is 17.4 Å². The van der Waals surface area contributed by atoms with Gasteiger partial charge in [0, 0.05) is 24.5 Å². The maximum atomic E-state index is 15.2. The van der Waals surface area contributed by atoms with Crippen LogP contribution in [0.1, 0.15) is 91.7 Å². The number of sulfonamides is 1. The van der Waals surface area contributed by atoms with Crippen LogP contribution >= 0.6 is 0 Å². The molecule has 3 fully saturated rings. The number of allylic oxidation sites excluding steroid dienone is 1. The first-order valence-corrected chi connectivity index (χ1v) is 22.3. The van der Waals surface area contributed by atoms with Crippen molar-refractivity contribution in [3.05, 3.63) is 30.0 Å². The topological polar surface area (TPSA) is 207 Å². The van der Waals surface area contributed by atoms with Gasteiger partial charge in [-0.2, -0.15) is 26.3 Å². The molecule has 354 valence electrons. The van der Waals surface area contributed by atoms with Crippen LogP contribution in [-0.4, -0.2) is 118 Å². The maximum Gasteiger partial charge on any atom is 0.438 e. The van der Waals surface area contributed by atoms with E-state index >= 15 is 4.79 Å². The summed E-state index contributed by atoms with van der Waals surface area (Å²) in [4.78, 5) is 65.5. The molecule has 2 aliphatic heterocycles. The lowest BCUT2D eigenvalue weighted by molar-refractivity contribution is -0.222. The Morgan fingerprint density at radius 2 is 1.67 bits per heavy atom. The van der Waals surface area contributed by atoms with E-state index in [9.17, 15) is 54.3 Å². The van der Waals surface area contributed by atoms with Gasteiger partial charge in [0.25, 0.3) is 5.91 Å². The molecule has 2 saturated carbocycles. The molecule has 4 amide bonds. The van der Waals surface area contributed by atoms with E-state index in [0.29, 0.717) is 39.5 Å². The van der Waals surface area contributed by atoms with Crippen LogP contribution in [0.4, 0.5) is 31.1 Å². The van der Waals surface area contributed by atoms with E-state index in [1.807, 2.05) is 6.92 Å². The minimum atomic E-state index is -5.18. The predicted molar refractivity (Wildman–Crippen MR) is 216 cm³/mol. The van der Waals surface area contributed by atoms with Gasteiger partial charge >= 0.3 is 18.4 Å². The summed E-state index contributed by atoms with van der Waals surface area (Å²) in [7, 11) is -2.06. The highest BCUT2D eigenvalue weighted by Gasteiger charge is 2.64. The minimum absolute atomic E-state index is 0.0363. The largest absolute Gasteiger partial charge is 0.493 e. The molecule has 0 bridgehead atoms. The number of methoxy groups -OCH3 is 2. The van der Waals surface area contributed by atoms with Gasteiger partial charge in [0.1, 0.15) is 29.3 Å². The van der Waals surface area contributed by atoms with Gasteiger partial charge in [0.05, 0.1) is 36.5 Å². The molecule has 23 heteroatoms. The van der Waals surface area contributed by atoms with Crippen molar-refractivity contribution in [3.8, 4) is 17.4 Å². The number of amides is 4. The third kappa shape index (κ3) is 9.09. The quantitative estimate of drug-likeness (QED) is 0.186. The van der Waals surface area contributed by atoms with Gasteiger partial charge in [-0.25, -0.2) is 23.2 Å². The number of nitrogens with one attached hydrogen (secondary N) is 2. The second-order valence-electron chi connectivity index (χ2n) is 17.9. The van der Waals surface area contributed by atoms with E-state index in [0.717, 1.165) is 18.1 Å². The summed E-state index contributed by atoms with van der Waals surface area (Å²) in [5, 5.41) is 13.2. The number of ether oxygens (including phenoxy) is 3. The zero-order valence-corrected chi connectivity index (χ0v) is 37.0. The van der Waals surface area contributed by atoms with Crippen molar-refractivity contribution in [2.24, 2.45) is 17.8 Å². The average Bonchev–Trinajstić information content (AvgIpc) is 4.08. The monoisotopic (exact) mass is 934 g/mol. The number of carboxylic acid groups (broad SMARTS) is 1. The summed E-state index contributed by atoms with van der Waals surface area (Å²) in [6, 6.07) is -1.37. The average molecular weight is 935 g/mol. The van der Waals surface area contributed by atoms with Crippen LogP contribution in [0.25, 0.3) is 11.0 Å². The molecule has 2 aromatic rings. The molecule has 0 spiro atoms. The van der Waals surface area contributed by atoms with Crippen LogP contribution in [0.3, 0.4) is 0 Å². The van der Waals surface area contributed by atoms with Crippen molar-refractivity contribution in [1.29, 1.82) is 0 Å². The minimum Gasteiger partial charge on any atom is -0.493 e. The number of fused-ring (bicyclic) bond motifs is 3. The molecule has 3 N–H and O–H groups in total. The summed E-state index contributed by atoms with van der Waals surface area (Å²) in [6.45, 7) is 5.62. The van der Waals surface area contributed by atoms with Crippen LogP contribution in [0.15, 0.2) is 24.3 Å². The number of carbonyl (C=O) groups excluding carboxylic acids is 3. The van der Waals surface area contributed by atoms with Crippen LogP contribution in [-0.2, 0) is 30.6 Å². The van der Waals surface area contributed by atoms with E-state index in [2.05, 4.69) is 20.0 Å². The predicted octanol–water partition coefficient (Wildman–Crippen LogP) is 5.98. The van der Waals surface area contributed by atoms with E-state index < -0.39 is 117 Å². The number of hydrogen-bond acceptors (Lipinski definition) is 11. The molecule has 2 aliphatic carbocycles. The zero-order valence-electron chi connectivity index (χ0n) is 36.2. The molecule has 3 heterocycles. The number of aromatic nitrogens is 2. The Hall–Kier alpha value is -5.09. The highest BCUT2D eigenvalue weighted by Crippen LogP contribution is 2.48. The summed E-state index contributed by atoms with van der Waals surface area (Å²) >= 11 is 0. The molecule has 1 aromatic heterocycles. The fourth-order valence-electron chi connectivity index (χ4n) is 8.58. The number of nitrogens with zero attached hydrogens (tertiary/aromatic N) is 4. The van der Waals surface area contributed by atoms with Gasteiger partial charge in [-0.1, -0.05) is 32.4 Å². The molecule has 64 heavy (non-hydrogen) atoms. The summed E-state index contributed by atoms with van der Waals surface area (Å²) in [6.07, 6.45) is -8.82. The first kappa shape index (κ1) is 48.4. The van der Waals surface area contributed by atoms with Crippen molar-refractivity contribution in [2.45, 2.75) is 132 Å². The fourth-order valence-corrected chi connectivity index (χ4v) is 9.89. The van der Waals surface area contributed by atoms with E-state index in [1.54, 1.807) is 19.1 Å². The van der Waals surface area contributed by atoms with Crippen LogP contribution in [0, 0.1) is 17.8 Å². The third-order valence-corrected chi connectivity index (χ3v) is 15.2. The Morgan fingerprint density at radius 1 is 1.03 bits per heavy atom. The Morgan fingerprint density at radius 3 is 2.23 bits per heavy atom. The smallest absolute Gasteiger partial charge is 0.438 e. The van der Waals surface area contributed by atoms with E-state index in [4.69, 9.17) is 14.2 Å². The van der Waals surface area contributed by atoms with Gasteiger partial charge in [0.2, 0.25) is 33.4 Å². The molecule has 0 radical (unpaired) electrons. The fraction of sp³-hybridized carbons (Fsp3) is 0.659. The number of benzene rings is 1. The summed E-state index contributed by atoms with van der Waals surface area (Å²) in [5.74, 6) is -6.33. The SMILES string of the molecule is CC[C@@H]1C[C@H](C)CCC=C[C@@H]2C[C@@]2(C(=O)NS(=O)(=O)C2(C)CC2)NC(=O)[C@@H]2C[C@@H](Oc3cc4nc(OC)c(C(F)(F)F)nc4cc3OC)CN2C(=O)[C@H]1N(C(=O)O)C(C)(C)C(F)(F)F. The highest BCUT2D eigenvalue weighted by atomic mass is 32.2. The molecule has 7 atom stereocenters. The Labute approximate surface area is 365 Å². The Kier molecular flexibility index (Phi) is 12.9. The maximum absolute atomic E-state index is 15.2. The number of halogens is 6. The van der Waals surface area contributed by atoms with Crippen molar-refractivity contribution in [2.75, 3.05) is 20.8 Å². The Bertz CT molecular complexity index is 2320. The summed E-state index contributed by atoms with van der Waals surface area (Å²) < 4.78 is 130. The number of carbonyl (C=O) groups is 4. The van der Waals surface area contributed by atoms with Crippen molar-refractivity contribution in [1.82, 2.24) is 29.8 Å². The van der Waals surface area contributed by atoms with Gasteiger partial charge in [-0.05, 0) is 71.1 Å². The second-order valence-corrected chi connectivity index (χ2v) is 20.1. The van der Waals surface area contributed by atoms with Crippen LogP contribution < -0.4 is 24.2 Å². The van der Waals surface area contributed by atoms with Crippen molar-refractivity contribution >= 4 is 44.9 Å². The molecular weight excluding hydrogens is 883 g/mol.